The highest BCUT2D eigenvalue weighted by atomic mass is 32.1. The van der Waals surface area contributed by atoms with E-state index >= 15 is 0 Å². The van der Waals surface area contributed by atoms with E-state index in [1.807, 2.05) is 31.4 Å². The predicted molar refractivity (Wildman–Crippen MR) is 77.6 cm³/mol. The summed E-state index contributed by atoms with van der Waals surface area (Å²) in [7, 11) is 0. The lowest BCUT2D eigenvalue weighted by Crippen LogP contribution is -2.30. The topological polar surface area (TPSA) is 62.7 Å². The van der Waals surface area contributed by atoms with Gasteiger partial charge in [0.15, 0.2) is 10.4 Å². The highest BCUT2D eigenvalue weighted by Crippen LogP contribution is 2.15. The minimum absolute atomic E-state index is 0.0268. The summed E-state index contributed by atoms with van der Waals surface area (Å²) in [5.74, 6) is 0.0268. The summed E-state index contributed by atoms with van der Waals surface area (Å²) in [5, 5.41) is 2.87. The zero-order valence-electron chi connectivity index (χ0n) is 11.4. The summed E-state index contributed by atoms with van der Waals surface area (Å²) < 4.78 is 2.48. The van der Waals surface area contributed by atoms with E-state index < -0.39 is 0 Å². The van der Waals surface area contributed by atoms with Crippen molar-refractivity contribution in [2.75, 3.05) is 0 Å². The number of aryl methyl sites for hydroxylation is 2. The second-order valence-corrected chi connectivity index (χ2v) is 5.27. The molecular weight excluding hydrogens is 260 g/mol. The molecule has 2 heterocycles. The molecule has 19 heavy (non-hydrogen) atoms. The molecule has 0 aromatic carbocycles. The number of hydrogen-bond donors (Lipinski definition) is 2. The van der Waals surface area contributed by atoms with Crippen LogP contribution in [0, 0.1) is 11.7 Å². The summed E-state index contributed by atoms with van der Waals surface area (Å²) in [6, 6.07) is 2.09. The van der Waals surface area contributed by atoms with Gasteiger partial charge in [0.05, 0.1) is 5.52 Å². The van der Waals surface area contributed by atoms with Gasteiger partial charge in [0.1, 0.15) is 0 Å². The number of imidazole rings is 1. The third kappa shape index (κ3) is 3.01. The van der Waals surface area contributed by atoms with Crippen LogP contribution in [-0.2, 0) is 11.3 Å². The number of fused-ring (bicyclic) bond motifs is 1. The first-order chi connectivity index (χ1) is 8.99. The molecule has 6 heteroatoms. The molecule has 1 amide bonds. The molecule has 2 aromatic heterocycles. The number of carbonyl (C=O) groups excluding carboxylic acids is 1. The Hall–Kier alpha value is -1.69. The Morgan fingerprint density at radius 3 is 3.00 bits per heavy atom. The van der Waals surface area contributed by atoms with Crippen molar-refractivity contribution in [3.05, 3.63) is 22.6 Å². The van der Waals surface area contributed by atoms with E-state index in [2.05, 4.69) is 15.3 Å². The average molecular weight is 278 g/mol. The highest BCUT2D eigenvalue weighted by Gasteiger charge is 2.09. The third-order valence-electron chi connectivity index (χ3n) is 2.88. The summed E-state index contributed by atoms with van der Waals surface area (Å²) in [6.45, 7) is 6.43. The standard InChI is InChI=1S/C13H18N4OS/c1-8(2)15-10(18)5-7-17-12-11(16-13(17)19)9(3)4-6-14-12/h4,6,8H,5,7H2,1-3H3,(H,15,18)(H,16,19). The van der Waals surface area contributed by atoms with Crippen LogP contribution in [0.2, 0.25) is 0 Å². The molecule has 0 radical (unpaired) electrons. The lowest BCUT2D eigenvalue weighted by atomic mass is 10.3. The first kappa shape index (κ1) is 13.7. The van der Waals surface area contributed by atoms with E-state index in [0.29, 0.717) is 17.7 Å². The number of aromatic nitrogens is 3. The molecule has 0 saturated heterocycles. The Labute approximate surface area is 117 Å². The van der Waals surface area contributed by atoms with E-state index in [-0.39, 0.29) is 11.9 Å². The Morgan fingerprint density at radius 1 is 1.58 bits per heavy atom. The number of nitrogens with zero attached hydrogens (tertiary/aromatic N) is 2. The smallest absolute Gasteiger partial charge is 0.221 e. The van der Waals surface area contributed by atoms with Crippen molar-refractivity contribution in [3.63, 3.8) is 0 Å². The lowest BCUT2D eigenvalue weighted by Gasteiger charge is -2.08. The molecule has 0 atom stereocenters. The number of carbonyl (C=O) groups is 1. The number of rotatable bonds is 4. The van der Waals surface area contributed by atoms with Crippen molar-refractivity contribution < 1.29 is 4.79 Å². The molecule has 0 spiro atoms. The van der Waals surface area contributed by atoms with Gasteiger partial charge in [-0.15, -0.1) is 0 Å². The number of hydrogen-bond acceptors (Lipinski definition) is 3. The van der Waals surface area contributed by atoms with Gasteiger partial charge in [-0.25, -0.2) is 4.98 Å². The van der Waals surface area contributed by atoms with Crippen molar-refractivity contribution in [2.45, 2.75) is 39.8 Å². The normalized spacial score (nSPS) is 11.2. The highest BCUT2D eigenvalue weighted by molar-refractivity contribution is 7.71. The minimum Gasteiger partial charge on any atom is -0.354 e. The molecule has 102 valence electrons. The van der Waals surface area contributed by atoms with Gasteiger partial charge in [0.2, 0.25) is 5.91 Å². The monoisotopic (exact) mass is 278 g/mol. The summed E-state index contributed by atoms with van der Waals surface area (Å²) in [4.78, 5) is 19.2. The maximum absolute atomic E-state index is 11.7. The molecular formula is C13H18N4OS. The van der Waals surface area contributed by atoms with Crippen LogP contribution < -0.4 is 5.32 Å². The largest absolute Gasteiger partial charge is 0.354 e. The van der Waals surface area contributed by atoms with Gasteiger partial charge in [-0.2, -0.15) is 0 Å². The maximum atomic E-state index is 11.7. The molecule has 2 rings (SSSR count). The number of H-pyrrole nitrogens is 1. The van der Waals surface area contributed by atoms with Gasteiger partial charge in [0, 0.05) is 25.2 Å². The van der Waals surface area contributed by atoms with Crippen LogP contribution >= 0.6 is 12.2 Å². The predicted octanol–water partition coefficient (Wildman–Crippen LogP) is 2.32. The van der Waals surface area contributed by atoms with Crippen LogP contribution in [0.25, 0.3) is 11.2 Å². The summed E-state index contributed by atoms with van der Waals surface area (Å²) in [6.07, 6.45) is 2.15. The van der Waals surface area contributed by atoms with Crippen LogP contribution in [0.1, 0.15) is 25.8 Å². The Balaban J connectivity index is 2.22. The molecule has 0 bridgehead atoms. The molecule has 0 aliphatic rings. The molecule has 5 nitrogen and oxygen atoms in total. The number of amides is 1. The molecule has 2 N–H and O–H groups in total. The van der Waals surface area contributed by atoms with Crippen LogP contribution in [0.3, 0.4) is 0 Å². The second-order valence-electron chi connectivity index (χ2n) is 4.88. The molecule has 2 aromatic rings. The first-order valence-electron chi connectivity index (χ1n) is 6.32. The maximum Gasteiger partial charge on any atom is 0.221 e. The van der Waals surface area contributed by atoms with Gasteiger partial charge >= 0.3 is 0 Å². The molecule has 0 aliphatic carbocycles. The van der Waals surface area contributed by atoms with Gasteiger partial charge in [-0.3, -0.25) is 4.79 Å². The van der Waals surface area contributed by atoms with E-state index in [1.54, 1.807) is 6.20 Å². The summed E-state index contributed by atoms with van der Waals surface area (Å²) >= 11 is 5.29. The van der Waals surface area contributed by atoms with Gasteiger partial charge in [0.25, 0.3) is 0 Å². The zero-order valence-corrected chi connectivity index (χ0v) is 12.2. The second kappa shape index (κ2) is 5.52. The number of pyridine rings is 1. The van der Waals surface area contributed by atoms with Gasteiger partial charge in [-0.05, 0) is 44.6 Å². The minimum atomic E-state index is 0.0268. The van der Waals surface area contributed by atoms with Crippen molar-refractivity contribution in [1.82, 2.24) is 19.9 Å². The SMILES string of the molecule is Cc1ccnc2c1[nH]c(=S)n2CCC(=O)NC(C)C. The molecule has 0 saturated carbocycles. The Bertz CT molecular complexity index is 656. The number of nitrogens with one attached hydrogen (secondary N) is 2. The lowest BCUT2D eigenvalue weighted by molar-refractivity contribution is -0.121. The fourth-order valence-electron chi connectivity index (χ4n) is 1.99. The quantitative estimate of drug-likeness (QED) is 0.844. The number of aromatic amines is 1. The zero-order chi connectivity index (χ0) is 14.0. The Kier molecular flexibility index (Phi) is 3.99. The van der Waals surface area contributed by atoms with E-state index in [9.17, 15) is 4.79 Å². The van der Waals surface area contributed by atoms with Crippen LogP contribution in [0.4, 0.5) is 0 Å². The Morgan fingerprint density at radius 2 is 2.32 bits per heavy atom. The van der Waals surface area contributed by atoms with Crippen LogP contribution in [-0.4, -0.2) is 26.5 Å². The first-order valence-corrected chi connectivity index (χ1v) is 6.73. The van der Waals surface area contributed by atoms with Crippen LogP contribution in [0.15, 0.2) is 12.3 Å². The van der Waals surface area contributed by atoms with Crippen LogP contribution in [0.5, 0.6) is 0 Å². The van der Waals surface area contributed by atoms with Crippen molar-refractivity contribution in [3.8, 4) is 0 Å². The van der Waals surface area contributed by atoms with E-state index in [4.69, 9.17) is 12.2 Å². The van der Waals surface area contributed by atoms with E-state index in [0.717, 1.165) is 16.7 Å². The fraction of sp³-hybridized carbons (Fsp3) is 0.462. The van der Waals surface area contributed by atoms with Crippen molar-refractivity contribution >= 4 is 29.3 Å². The van der Waals surface area contributed by atoms with Crippen molar-refractivity contribution in [1.29, 1.82) is 0 Å². The fourth-order valence-corrected chi connectivity index (χ4v) is 2.27. The van der Waals surface area contributed by atoms with Crippen molar-refractivity contribution in [2.24, 2.45) is 0 Å². The molecule has 0 unspecified atom stereocenters. The molecule has 0 aliphatic heterocycles. The summed E-state index contributed by atoms with van der Waals surface area (Å²) in [5.41, 5.74) is 2.85. The van der Waals surface area contributed by atoms with E-state index in [1.165, 1.54) is 0 Å². The third-order valence-corrected chi connectivity index (χ3v) is 3.21. The van der Waals surface area contributed by atoms with Gasteiger partial charge in [-0.1, -0.05) is 0 Å². The van der Waals surface area contributed by atoms with Gasteiger partial charge < -0.3 is 14.9 Å². The molecule has 0 fully saturated rings. The average Bonchev–Trinajstić information content (AvgIpc) is 2.63.